The molecule has 0 bridgehead atoms. The van der Waals surface area contributed by atoms with Gasteiger partial charge in [-0.25, -0.2) is 0 Å². The summed E-state index contributed by atoms with van der Waals surface area (Å²) in [5.74, 6) is -3.27. The van der Waals surface area contributed by atoms with Gasteiger partial charge in [-0.3, -0.25) is 27.3 Å². The average molecular weight is 1080 g/mol. The summed E-state index contributed by atoms with van der Waals surface area (Å²) in [5.41, 5.74) is 0.679. The Balaban J connectivity index is 1.40. The van der Waals surface area contributed by atoms with Gasteiger partial charge >= 0.3 is 0 Å². The van der Waals surface area contributed by atoms with Crippen molar-refractivity contribution >= 4 is 133 Å². The summed E-state index contributed by atoms with van der Waals surface area (Å²) < 4.78 is 208. The summed E-state index contributed by atoms with van der Waals surface area (Å²) in [6.07, 6.45) is 0. The molecule has 11 N–H and O–H groups in total. The van der Waals surface area contributed by atoms with E-state index in [1.807, 2.05) is 0 Å². The molecular formula is C36H25N7O21S6. The highest BCUT2D eigenvalue weighted by molar-refractivity contribution is 7.87. The zero-order valence-corrected chi connectivity index (χ0v) is 38.6. The first-order valence-electron chi connectivity index (χ1n) is 18.1. The average Bonchev–Trinajstić information content (AvgIpc) is 3.22. The summed E-state index contributed by atoms with van der Waals surface area (Å²) in [4.78, 5) is -6.79. The van der Waals surface area contributed by atoms with Crippen LogP contribution < -0.4 is 5.73 Å². The van der Waals surface area contributed by atoms with Crippen LogP contribution in [0.4, 0.5) is 39.8 Å². The normalized spacial score (nSPS) is 13.5. The Morgan fingerprint density at radius 2 is 0.943 bits per heavy atom. The minimum absolute atomic E-state index is 0.240. The molecule has 28 nitrogen and oxygen atoms in total. The number of nitrogens with zero attached hydrogens (tertiary/aromatic N) is 6. The van der Waals surface area contributed by atoms with Crippen LogP contribution in [0.5, 0.6) is 17.2 Å². The first kappa shape index (κ1) is 50.7. The first-order valence-corrected chi connectivity index (χ1v) is 26.7. The molecular weight excluding hydrogens is 1060 g/mol. The van der Waals surface area contributed by atoms with Crippen molar-refractivity contribution in [2.24, 2.45) is 30.7 Å². The molecule has 0 heterocycles. The number of azo groups is 3. The van der Waals surface area contributed by atoms with E-state index in [1.165, 1.54) is 12.1 Å². The number of phenolic OH excluding ortho intramolecular Hbond substituents is 3. The van der Waals surface area contributed by atoms with Gasteiger partial charge in [-0.2, -0.15) is 55.6 Å². The van der Waals surface area contributed by atoms with Gasteiger partial charge in [0.05, 0.1) is 21.7 Å². The van der Waals surface area contributed by atoms with Gasteiger partial charge in [0.2, 0.25) is 0 Å². The minimum atomic E-state index is -5.56. The van der Waals surface area contributed by atoms with E-state index >= 15 is 0 Å². The molecule has 7 aromatic rings. The Morgan fingerprint density at radius 3 is 1.54 bits per heavy atom. The second-order valence-corrected chi connectivity index (χ2v) is 22.5. The predicted molar refractivity (Wildman–Crippen MR) is 239 cm³/mol. The molecule has 0 aliphatic heterocycles. The summed E-state index contributed by atoms with van der Waals surface area (Å²) in [5, 5.41) is 51.5. The monoisotopic (exact) mass is 1080 g/mol. The smallest absolute Gasteiger partial charge is 0.297 e. The predicted octanol–water partition coefficient (Wildman–Crippen LogP) is 6.57. The standard InChI is InChI=1S/C36H25N7O21S6/c37-31-24(41-40-23-8-7-19-20(36(23)70(62,63)64)11-17(12-25(19)44)65(47,48)49)14-27(67(53,54)55)21-13-29(69(59,60)61)33(35(46)30(21)31)42-38-16-5-6-18-15(9-16)10-28(68(56,57)58)32(34(18)45)43-39-22-3-1-2-4-26(22)66(50,51)52/h1-14,44-46H,37H2,(H,47,48,49)(H,50,51,52)(H,53,54,55)(H,56,57,58)(H,59,60,61)(H,62,63,64). The second-order valence-electron chi connectivity index (χ2n) is 14.1. The lowest BCUT2D eigenvalue weighted by molar-refractivity contribution is 0.470. The number of aromatic hydroxyl groups is 3. The van der Waals surface area contributed by atoms with Gasteiger partial charge in [0.1, 0.15) is 58.7 Å². The molecule has 0 amide bonds. The van der Waals surface area contributed by atoms with Crippen molar-refractivity contribution in [3.63, 3.8) is 0 Å². The molecule has 0 aromatic heterocycles. The van der Waals surface area contributed by atoms with Gasteiger partial charge in [-0.15, -0.1) is 25.6 Å². The van der Waals surface area contributed by atoms with Gasteiger partial charge < -0.3 is 21.1 Å². The number of phenols is 3. The summed E-state index contributed by atoms with van der Waals surface area (Å²) >= 11 is 0. The van der Waals surface area contributed by atoms with Crippen LogP contribution in [0.15, 0.2) is 145 Å². The minimum Gasteiger partial charge on any atom is -0.507 e. The zero-order valence-electron chi connectivity index (χ0n) is 33.7. The maximum absolute atomic E-state index is 12.7. The number of nitrogens with two attached hydrogens (primary N) is 1. The number of anilines is 1. The largest absolute Gasteiger partial charge is 0.507 e. The van der Waals surface area contributed by atoms with Crippen LogP contribution in [-0.2, 0) is 60.7 Å². The molecule has 0 aliphatic rings. The fourth-order valence-corrected chi connectivity index (χ4v) is 10.7. The number of nitrogen functional groups attached to an aromatic ring is 1. The molecule has 0 radical (unpaired) electrons. The third-order valence-corrected chi connectivity index (χ3v) is 15.0. The van der Waals surface area contributed by atoms with Gasteiger partial charge in [0.25, 0.3) is 60.7 Å². The fraction of sp³-hybridized carbons (Fsp3) is 0. The van der Waals surface area contributed by atoms with Crippen molar-refractivity contribution in [2.45, 2.75) is 29.4 Å². The Kier molecular flexibility index (Phi) is 12.5. The first-order chi connectivity index (χ1) is 32.2. The Hall–Kier alpha value is -7.22. The maximum Gasteiger partial charge on any atom is 0.297 e. The maximum atomic E-state index is 12.7. The topological polar surface area (TPSA) is 487 Å². The molecule has 0 saturated heterocycles. The van der Waals surface area contributed by atoms with Crippen LogP contribution >= 0.6 is 0 Å². The van der Waals surface area contributed by atoms with Gasteiger partial charge in [-0.05, 0) is 72.1 Å². The van der Waals surface area contributed by atoms with E-state index in [0.29, 0.717) is 24.3 Å². The number of fused-ring (bicyclic) bond motifs is 3. The molecule has 0 saturated carbocycles. The molecule has 70 heavy (non-hydrogen) atoms. The summed E-state index contributed by atoms with van der Waals surface area (Å²) in [6.45, 7) is 0. The number of hydrogen-bond acceptors (Lipinski definition) is 22. The molecule has 0 atom stereocenters. The number of hydrogen-bond donors (Lipinski definition) is 10. The molecule has 34 heteroatoms. The molecule has 366 valence electrons. The quantitative estimate of drug-likeness (QED) is 0.0351. The van der Waals surface area contributed by atoms with E-state index in [0.717, 1.165) is 48.5 Å². The Morgan fingerprint density at radius 1 is 0.400 bits per heavy atom. The summed E-state index contributed by atoms with van der Waals surface area (Å²) in [6, 6.07) is 12.0. The molecule has 7 rings (SSSR count). The van der Waals surface area contributed by atoms with E-state index < -0.39 is 163 Å². The van der Waals surface area contributed by atoms with Crippen molar-refractivity contribution < 1.29 is 93.1 Å². The lowest BCUT2D eigenvalue weighted by atomic mass is 10.0. The molecule has 0 unspecified atom stereocenters. The van der Waals surface area contributed by atoms with Gasteiger partial charge in [0, 0.05) is 27.6 Å². The van der Waals surface area contributed by atoms with Gasteiger partial charge in [-0.1, -0.05) is 12.1 Å². The lowest BCUT2D eigenvalue weighted by Gasteiger charge is -2.14. The highest BCUT2D eigenvalue weighted by Gasteiger charge is 2.30. The molecule has 7 aromatic carbocycles. The van der Waals surface area contributed by atoms with Crippen LogP contribution in [0.2, 0.25) is 0 Å². The van der Waals surface area contributed by atoms with Crippen LogP contribution in [0.1, 0.15) is 0 Å². The van der Waals surface area contributed by atoms with Crippen LogP contribution in [0.3, 0.4) is 0 Å². The number of benzene rings is 7. The molecule has 0 spiro atoms. The van der Waals surface area contributed by atoms with E-state index in [9.17, 15) is 93.1 Å². The Bertz CT molecular complexity index is 4280. The van der Waals surface area contributed by atoms with Crippen molar-refractivity contribution in [3.05, 3.63) is 84.9 Å². The van der Waals surface area contributed by atoms with E-state index in [2.05, 4.69) is 30.7 Å². The van der Waals surface area contributed by atoms with Crippen molar-refractivity contribution in [1.82, 2.24) is 0 Å². The summed E-state index contributed by atoms with van der Waals surface area (Å²) in [7, 11) is -31.8. The van der Waals surface area contributed by atoms with Crippen LogP contribution in [0, 0.1) is 0 Å². The fourth-order valence-electron chi connectivity index (χ4n) is 6.72. The van der Waals surface area contributed by atoms with Crippen molar-refractivity contribution in [2.75, 3.05) is 5.73 Å². The Labute approximate surface area is 391 Å². The third-order valence-electron chi connectivity index (χ3n) is 9.69. The second kappa shape index (κ2) is 17.3. The number of rotatable bonds is 12. The molecule has 0 aliphatic carbocycles. The highest BCUT2D eigenvalue weighted by Crippen LogP contribution is 2.49. The zero-order chi connectivity index (χ0) is 51.8. The van der Waals surface area contributed by atoms with Crippen LogP contribution in [0.25, 0.3) is 32.3 Å². The third kappa shape index (κ3) is 9.81. The van der Waals surface area contributed by atoms with Crippen molar-refractivity contribution in [3.8, 4) is 17.2 Å². The van der Waals surface area contributed by atoms with Gasteiger partial charge in [0.15, 0.2) is 11.5 Å². The SMILES string of the molecule is Nc1c(N=Nc2ccc3c(O)cc(S(=O)(=O)O)cc3c2S(=O)(=O)O)cc(S(=O)(=O)O)c2cc(S(=O)(=O)O)c(N=Nc3ccc4c(O)c(N=Nc5ccccc5S(=O)(=O)O)c(S(=O)(=O)O)cc4c3)c(O)c12. The van der Waals surface area contributed by atoms with E-state index in [4.69, 9.17) is 5.73 Å². The van der Waals surface area contributed by atoms with E-state index in [1.54, 1.807) is 0 Å². The molecule has 0 fully saturated rings. The van der Waals surface area contributed by atoms with E-state index in [-0.39, 0.29) is 16.5 Å². The van der Waals surface area contributed by atoms with Crippen LogP contribution in [-0.4, -0.2) is 93.1 Å². The van der Waals surface area contributed by atoms with Crippen molar-refractivity contribution in [1.29, 1.82) is 0 Å². The highest BCUT2D eigenvalue weighted by atomic mass is 32.2. The lowest BCUT2D eigenvalue weighted by Crippen LogP contribution is -2.04.